The van der Waals surface area contributed by atoms with Gasteiger partial charge in [-0.3, -0.25) is 0 Å². The zero-order valence-electron chi connectivity index (χ0n) is 10.7. The normalized spacial score (nSPS) is 39.3. The molecule has 4 bridgehead atoms. The van der Waals surface area contributed by atoms with E-state index >= 15 is 0 Å². The third-order valence-corrected chi connectivity index (χ3v) is 5.84. The summed E-state index contributed by atoms with van der Waals surface area (Å²) in [6.45, 7) is 0. The summed E-state index contributed by atoms with van der Waals surface area (Å²) >= 11 is 6.35. The highest BCUT2D eigenvalue weighted by molar-refractivity contribution is 6.32. The Hall–Kier alpha value is -1.14. The van der Waals surface area contributed by atoms with Crippen LogP contribution < -0.4 is 0 Å². The molecular weight excluding hydrogens is 258 g/mol. The Balaban J connectivity index is 1.75. The molecule has 4 fully saturated rings. The summed E-state index contributed by atoms with van der Waals surface area (Å²) in [5.41, 5.74) is 1.28. The minimum Gasteiger partial charge on any atom is -0.239 e. The number of halogens is 1. The molecule has 4 aliphatic rings. The number of nitrogens with zero attached hydrogens (tertiary/aromatic N) is 3. The quantitative estimate of drug-likeness (QED) is 0.786. The van der Waals surface area contributed by atoms with Gasteiger partial charge in [-0.25, -0.2) is 9.97 Å². The second-order valence-electron chi connectivity index (χ2n) is 6.49. The smallest absolute Gasteiger partial charge is 0.162 e. The van der Waals surface area contributed by atoms with E-state index in [2.05, 4.69) is 16.0 Å². The molecule has 0 N–H and O–H groups in total. The van der Waals surface area contributed by atoms with Crippen LogP contribution in [-0.4, -0.2) is 9.97 Å². The van der Waals surface area contributed by atoms with Crippen LogP contribution in [0.5, 0.6) is 0 Å². The monoisotopic (exact) mass is 273 g/mol. The van der Waals surface area contributed by atoms with Crippen molar-refractivity contribution >= 4 is 11.6 Å². The van der Waals surface area contributed by atoms with E-state index in [9.17, 15) is 0 Å². The van der Waals surface area contributed by atoms with E-state index in [1.165, 1.54) is 38.4 Å². The van der Waals surface area contributed by atoms with Crippen molar-refractivity contribution in [1.82, 2.24) is 9.97 Å². The van der Waals surface area contributed by atoms with Gasteiger partial charge >= 0.3 is 0 Å². The van der Waals surface area contributed by atoms with Crippen molar-refractivity contribution in [2.75, 3.05) is 0 Å². The third kappa shape index (κ3) is 1.70. The lowest BCUT2D eigenvalue weighted by molar-refractivity contribution is -0.00416. The van der Waals surface area contributed by atoms with Crippen LogP contribution >= 0.6 is 11.6 Å². The summed E-state index contributed by atoms with van der Waals surface area (Å²) in [4.78, 5) is 8.40. The van der Waals surface area contributed by atoms with Gasteiger partial charge in [-0.2, -0.15) is 5.26 Å². The van der Waals surface area contributed by atoms with Gasteiger partial charge in [0.15, 0.2) is 5.69 Å². The standard InChI is InChI=1S/C15H16ClN3/c16-14-12(6-17)18-7-19-15(14)13-10-2-8-1-9(4-10)5-11(13)3-8/h7-11,13H,1-5H2. The maximum atomic E-state index is 9.07. The highest BCUT2D eigenvalue weighted by Crippen LogP contribution is 2.60. The van der Waals surface area contributed by atoms with Crippen LogP contribution in [0.1, 0.15) is 49.4 Å². The largest absolute Gasteiger partial charge is 0.239 e. The molecule has 4 aliphatic carbocycles. The molecular formula is C15H16ClN3. The van der Waals surface area contributed by atoms with Gasteiger partial charge in [-0.05, 0) is 55.8 Å². The van der Waals surface area contributed by atoms with E-state index in [-0.39, 0.29) is 0 Å². The first-order chi connectivity index (χ1) is 9.26. The van der Waals surface area contributed by atoms with Crippen LogP contribution in [0.2, 0.25) is 5.02 Å². The zero-order chi connectivity index (χ0) is 13.0. The molecule has 1 aromatic rings. The molecule has 98 valence electrons. The molecule has 0 aliphatic heterocycles. The molecule has 0 spiro atoms. The molecule has 0 aromatic carbocycles. The third-order valence-electron chi connectivity index (χ3n) is 5.46. The molecule has 19 heavy (non-hydrogen) atoms. The van der Waals surface area contributed by atoms with Crippen LogP contribution in [0.25, 0.3) is 0 Å². The summed E-state index contributed by atoms with van der Waals surface area (Å²) < 4.78 is 0. The number of nitriles is 1. The SMILES string of the molecule is N#Cc1ncnc(C2C3CC4CC(C3)CC2C4)c1Cl. The lowest BCUT2D eigenvalue weighted by atomic mass is 9.51. The molecule has 0 saturated heterocycles. The second kappa shape index (κ2) is 4.18. The van der Waals surface area contributed by atoms with Crippen LogP contribution in [0.3, 0.4) is 0 Å². The summed E-state index contributed by atoms with van der Waals surface area (Å²) in [7, 11) is 0. The molecule has 1 heterocycles. The van der Waals surface area contributed by atoms with Crippen molar-refractivity contribution < 1.29 is 0 Å². The van der Waals surface area contributed by atoms with Crippen LogP contribution in [0.4, 0.5) is 0 Å². The topological polar surface area (TPSA) is 49.6 Å². The first-order valence-corrected chi connectivity index (χ1v) is 7.54. The highest BCUT2D eigenvalue weighted by atomic mass is 35.5. The average molecular weight is 274 g/mol. The Labute approximate surface area is 118 Å². The lowest BCUT2D eigenvalue weighted by Gasteiger charge is -2.54. The van der Waals surface area contributed by atoms with Gasteiger partial charge in [-0.15, -0.1) is 0 Å². The summed E-state index contributed by atoms with van der Waals surface area (Å²) in [6, 6.07) is 2.07. The Morgan fingerprint density at radius 3 is 2.26 bits per heavy atom. The first-order valence-electron chi connectivity index (χ1n) is 7.16. The fraction of sp³-hybridized carbons (Fsp3) is 0.667. The van der Waals surface area contributed by atoms with E-state index in [1.54, 1.807) is 0 Å². The van der Waals surface area contributed by atoms with Gasteiger partial charge in [0, 0.05) is 5.92 Å². The number of hydrogen-bond acceptors (Lipinski definition) is 3. The molecule has 4 saturated carbocycles. The number of hydrogen-bond donors (Lipinski definition) is 0. The van der Waals surface area contributed by atoms with Crippen molar-refractivity contribution in [2.45, 2.75) is 38.0 Å². The van der Waals surface area contributed by atoms with E-state index < -0.39 is 0 Å². The second-order valence-corrected chi connectivity index (χ2v) is 6.87. The predicted octanol–water partition coefficient (Wildman–Crippen LogP) is 3.54. The highest BCUT2D eigenvalue weighted by Gasteiger charge is 2.49. The number of aromatic nitrogens is 2. The van der Waals surface area contributed by atoms with E-state index in [4.69, 9.17) is 16.9 Å². The molecule has 0 atom stereocenters. The average Bonchev–Trinajstić information content (AvgIpc) is 2.39. The minimum absolute atomic E-state index is 0.334. The van der Waals surface area contributed by atoms with Gasteiger partial charge in [0.25, 0.3) is 0 Å². The summed E-state index contributed by atoms with van der Waals surface area (Å²) in [5, 5.41) is 9.57. The molecule has 0 radical (unpaired) electrons. The van der Waals surface area contributed by atoms with Gasteiger partial charge in [-0.1, -0.05) is 11.6 Å². The fourth-order valence-electron chi connectivity index (χ4n) is 5.07. The summed E-state index contributed by atoms with van der Waals surface area (Å²) in [5.74, 6) is 3.81. The lowest BCUT2D eigenvalue weighted by Crippen LogP contribution is -2.44. The Bertz CT molecular complexity index is 535. The molecule has 0 unspecified atom stereocenters. The Morgan fingerprint density at radius 1 is 1.05 bits per heavy atom. The molecule has 4 heteroatoms. The minimum atomic E-state index is 0.334. The molecule has 3 nitrogen and oxygen atoms in total. The van der Waals surface area contributed by atoms with E-state index in [0.29, 0.717) is 16.6 Å². The first kappa shape index (κ1) is 11.7. The van der Waals surface area contributed by atoms with Crippen molar-refractivity contribution in [1.29, 1.82) is 5.26 Å². The van der Waals surface area contributed by atoms with Gasteiger partial charge in [0.05, 0.1) is 10.7 Å². The zero-order valence-corrected chi connectivity index (χ0v) is 11.5. The van der Waals surface area contributed by atoms with Crippen LogP contribution in [0, 0.1) is 35.0 Å². The van der Waals surface area contributed by atoms with Crippen molar-refractivity contribution in [3.63, 3.8) is 0 Å². The van der Waals surface area contributed by atoms with Gasteiger partial charge < -0.3 is 0 Å². The molecule has 5 rings (SSSR count). The Morgan fingerprint density at radius 2 is 1.68 bits per heavy atom. The Kier molecular flexibility index (Phi) is 2.57. The van der Waals surface area contributed by atoms with Gasteiger partial charge in [0.1, 0.15) is 12.4 Å². The van der Waals surface area contributed by atoms with Crippen LogP contribution in [-0.2, 0) is 0 Å². The molecule has 0 amide bonds. The van der Waals surface area contributed by atoms with Crippen molar-refractivity contribution in [3.05, 3.63) is 22.7 Å². The maximum absolute atomic E-state index is 9.07. The van der Waals surface area contributed by atoms with Crippen molar-refractivity contribution in [3.8, 4) is 6.07 Å². The van der Waals surface area contributed by atoms with E-state index in [1.807, 2.05) is 0 Å². The summed E-state index contributed by atoms with van der Waals surface area (Å²) in [6.07, 6.45) is 8.28. The number of rotatable bonds is 1. The van der Waals surface area contributed by atoms with Crippen molar-refractivity contribution in [2.24, 2.45) is 23.7 Å². The van der Waals surface area contributed by atoms with E-state index in [0.717, 1.165) is 29.4 Å². The fourth-order valence-corrected chi connectivity index (χ4v) is 5.33. The maximum Gasteiger partial charge on any atom is 0.162 e. The molecule has 1 aromatic heterocycles. The van der Waals surface area contributed by atoms with Crippen LogP contribution in [0.15, 0.2) is 6.33 Å². The van der Waals surface area contributed by atoms with Gasteiger partial charge in [0.2, 0.25) is 0 Å². The predicted molar refractivity (Wildman–Crippen MR) is 71.5 cm³/mol.